The zero-order valence-corrected chi connectivity index (χ0v) is 24.8. The smallest absolute Gasteiger partial charge is 0.100 e. The maximum absolute atomic E-state index is 10.1. The summed E-state index contributed by atoms with van der Waals surface area (Å²) in [5, 5.41) is 31.0. The second kappa shape index (κ2) is 9.76. The lowest BCUT2D eigenvalue weighted by atomic mass is 9.88. The van der Waals surface area contributed by atoms with Crippen molar-refractivity contribution in [3.63, 3.8) is 0 Å². The van der Waals surface area contributed by atoms with Crippen LogP contribution in [0.15, 0.2) is 133 Å². The van der Waals surface area contributed by atoms with E-state index in [1.807, 2.05) is 35.6 Å². The zero-order chi connectivity index (χ0) is 30.1. The van der Waals surface area contributed by atoms with Crippen molar-refractivity contribution in [3.8, 4) is 34.4 Å². The molecule has 8 aromatic carbocycles. The number of nitrogens with zero attached hydrogens (tertiary/aromatic N) is 2. The normalized spacial score (nSPS) is 11.5. The SMILES string of the molecule is N#Cc1c2ccccc2c(-c2ccc3c(c2)sc2ccc(-c4c5ccccc5c(C#N)c5ccccc45)cc23)c2ccccc12. The summed E-state index contributed by atoms with van der Waals surface area (Å²) in [4.78, 5) is 0. The lowest BCUT2D eigenvalue weighted by Crippen LogP contribution is -1.90. The van der Waals surface area contributed by atoms with Crippen LogP contribution in [-0.4, -0.2) is 0 Å². The average molecular weight is 587 g/mol. The highest BCUT2D eigenvalue weighted by Gasteiger charge is 2.18. The van der Waals surface area contributed by atoms with Gasteiger partial charge in [0.05, 0.1) is 11.1 Å². The third-order valence-electron chi connectivity index (χ3n) is 9.14. The van der Waals surface area contributed by atoms with Gasteiger partial charge in [-0.3, -0.25) is 0 Å². The summed E-state index contributed by atoms with van der Waals surface area (Å²) < 4.78 is 2.47. The number of fused-ring (bicyclic) bond motifs is 7. The predicted molar refractivity (Wildman–Crippen MR) is 190 cm³/mol. The van der Waals surface area contributed by atoms with E-state index >= 15 is 0 Å². The summed E-state index contributed by atoms with van der Waals surface area (Å²) in [5.74, 6) is 0. The first kappa shape index (κ1) is 25.5. The lowest BCUT2D eigenvalue weighted by molar-refractivity contribution is 1.51. The van der Waals surface area contributed by atoms with Crippen LogP contribution in [0.4, 0.5) is 0 Å². The number of nitriles is 2. The van der Waals surface area contributed by atoms with Crippen molar-refractivity contribution in [3.05, 3.63) is 145 Å². The Morgan fingerprint density at radius 1 is 0.356 bits per heavy atom. The minimum Gasteiger partial charge on any atom is -0.192 e. The molecule has 0 atom stereocenters. The predicted octanol–water partition coefficient (Wildman–Crippen LogP) is 11.7. The molecular formula is C42H22N2S. The van der Waals surface area contributed by atoms with Gasteiger partial charge in [0.15, 0.2) is 0 Å². The molecule has 0 aliphatic carbocycles. The first-order valence-electron chi connectivity index (χ1n) is 14.9. The largest absolute Gasteiger partial charge is 0.192 e. The van der Waals surface area contributed by atoms with Crippen LogP contribution in [0, 0.1) is 22.7 Å². The fourth-order valence-corrected chi connectivity index (χ4v) is 8.33. The van der Waals surface area contributed by atoms with E-state index in [1.165, 1.54) is 20.2 Å². The molecule has 45 heavy (non-hydrogen) atoms. The lowest BCUT2D eigenvalue weighted by Gasteiger charge is -2.14. The van der Waals surface area contributed by atoms with Gasteiger partial charge in [-0.1, -0.05) is 115 Å². The van der Waals surface area contributed by atoms with Gasteiger partial charge in [0, 0.05) is 41.7 Å². The Morgan fingerprint density at radius 3 is 1.20 bits per heavy atom. The van der Waals surface area contributed by atoms with E-state index in [0.29, 0.717) is 0 Å². The summed E-state index contributed by atoms with van der Waals surface area (Å²) in [7, 11) is 0. The van der Waals surface area contributed by atoms with E-state index in [9.17, 15) is 10.5 Å². The molecule has 0 aliphatic rings. The molecule has 0 unspecified atom stereocenters. The van der Waals surface area contributed by atoms with Crippen LogP contribution >= 0.6 is 11.3 Å². The molecule has 0 spiro atoms. The number of rotatable bonds is 2. The minimum atomic E-state index is 0.724. The average Bonchev–Trinajstić information content (AvgIpc) is 3.46. The summed E-state index contributed by atoms with van der Waals surface area (Å²) in [6, 6.07) is 51.5. The number of hydrogen-bond acceptors (Lipinski definition) is 3. The first-order chi connectivity index (χ1) is 22.2. The van der Waals surface area contributed by atoms with Crippen molar-refractivity contribution in [2.24, 2.45) is 0 Å². The summed E-state index contributed by atoms with van der Waals surface area (Å²) in [6.07, 6.45) is 0. The second-order valence-corrected chi connectivity index (χ2v) is 12.5. The topological polar surface area (TPSA) is 47.6 Å². The van der Waals surface area contributed by atoms with Crippen molar-refractivity contribution in [2.75, 3.05) is 0 Å². The number of benzene rings is 8. The summed E-state index contributed by atoms with van der Waals surface area (Å²) >= 11 is 1.81. The highest BCUT2D eigenvalue weighted by atomic mass is 32.1. The standard InChI is InChI=1S/C42H22N2S/c43-23-37-27-9-1-5-13-32(27)41(33-14-6-2-10-28(33)37)25-18-20-39-36(21-25)31-19-17-26(22-40(31)45-39)42-34-15-7-3-11-29(34)38(24-44)30-12-4-8-16-35(30)42/h1-22H. The summed E-state index contributed by atoms with van der Waals surface area (Å²) in [6.45, 7) is 0. The second-order valence-electron chi connectivity index (χ2n) is 11.4. The van der Waals surface area contributed by atoms with Gasteiger partial charge in [0.25, 0.3) is 0 Å². The van der Waals surface area contributed by atoms with Crippen LogP contribution in [0.25, 0.3) is 85.5 Å². The monoisotopic (exact) mass is 586 g/mol. The van der Waals surface area contributed by atoms with Crippen molar-refractivity contribution >= 4 is 74.6 Å². The fourth-order valence-electron chi connectivity index (χ4n) is 7.21. The molecule has 0 radical (unpaired) electrons. The van der Waals surface area contributed by atoms with Gasteiger partial charge in [-0.15, -0.1) is 11.3 Å². The molecule has 0 amide bonds. The van der Waals surface area contributed by atoms with Gasteiger partial charge in [-0.05, 0) is 62.0 Å². The molecule has 0 N–H and O–H groups in total. The van der Waals surface area contributed by atoms with E-state index in [4.69, 9.17) is 0 Å². The van der Waals surface area contributed by atoms with Crippen LogP contribution in [0.3, 0.4) is 0 Å². The molecule has 2 nitrogen and oxygen atoms in total. The minimum absolute atomic E-state index is 0.724. The van der Waals surface area contributed by atoms with Gasteiger partial charge in [-0.25, -0.2) is 0 Å². The van der Waals surface area contributed by atoms with Crippen LogP contribution < -0.4 is 0 Å². The van der Waals surface area contributed by atoms with E-state index in [0.717, 1.165) is 76.5 Å². The fraction of sp³-hybridized carbons (Fsp3) is 0. The van der Waals surface area contributed by atoms with Crippen molar-refractivity contribution < 1.29 is 0 Å². The Hall–Kier alpha value is -6.00. The van der Waals surface area contributed by atoms with Crippen LogP contribution in [0.2, 0.25) is 0 Å². The summed E-state index contributed by atoms with van der Waals surface area (Å²) in [5.41, 5.74) is 6.07. The van der Waals surface area contributed by atoms with Gasteiger partial charge in [0.1, 0.15) is 12.1 Å². The first-order valence-corrected chi connectivity index (χ1v) is 15.7. The van der Waals surface area contributed by atoms with Gasteiger partial charge in [0.2, 0.25) is 0 Å². The van der Waals surface area contributed by atoms with Crippen LogP contribution in [0.5, 0.6) is 0 Å². The highest BCUT2D eigenvalue weighted by molar-refractivity contribution is 7.25. The van der Waals surface area contributed by atoms with E-state index < -0.39 is 0 Å². The third-order valence-corrected chi connectivity index (χ3v) is 10.3. The van der Waals surface area contributed by atoms with Gasteiger partial charge < -0.3 is 0 Å². The zero-order valence-electron chi connectivity index (χ0n) is 24.0. The maximum Gasteiger partial charge on any atom is 0.100 e. The number of thiophene rings is 1. The molecule has 0 saturated carbocycles. The van der Waals surface area contributed by atoms with Crippen molar-refractivity contribution in [1.29, 1.82) is 10.5 Å². The van der Waals surface area contributed by atoms with E-state index in [1.54, 1.807) is 0 Å². The highest BCUT2D eigenvalue weighted by Crippen LogP contribution is 2.45. The van der Waals surface area contributed by atoms with Crippen molar-refractivity contribution in [1.82, 2.24) is 0 Å². The Bertz CT molecular complexity index is 2680. The van der Waals surface area contributed by atoms with Crippen LogP contribution in [-0.2, 0) is 0 Å². The number of hydrogen-bond donors (Lipinski definition) is 0. The van der Waals surface area contributed by atoms with Crippen LogP contribution in [0.1, 0.15) is 11.1 Å². The molecular weight excluding hydrogens is 565 g/mol. The molecule has 0 saturated heterocycles. The quantitative estimate of drug-likeness (QED) is 0.189. The molecule has 9 aromatic rings. The molecule has 0 bridgehead atoms. The molecule has 1 aromatic heterocycles. The molecule has 0 aliphatic heterocycles. The molecule has 206 valence electrons. The third kappa shape index (κ3) is 3.66. The van der Waals surface area contributed by atoms with Crippen molar-refractivity contribution in [2.45, 2.75) is 0 Å². The van der Waals surface area contributed by atoms with Gasteiger partial charge >= 0.3 is 0 Å². The Kier molecular flexibility index (Phi) is 5.53. The van der Waals surface area contributed by atoms with Gasteiger partial charge in [-0.2, -0.15) is 10.5 Å². The van der Waals surface area contributed by atoms with E-state index in [2.05, 4.69) is 121 Å². The molecule has 9 rings (SSSR count). The maximum atomic E-state index is 10.1. The Morgan fingerprint density at radius 2 is 0.756 bits per heavy atom. The molecule has 0 fully saturated rings. The molecule has 3 heteroatoms. The Labute approximate surface area is 263 Å². The van der Waals surface area contributed by atoms with E-state index in [-0.39, 0.29) is 0 Å². The molecule has 1 heterocycles. The Balaban J connectivity index is 1.30.